The molecule has 0 radical (unpaired) electrons. The van der Waals surface area contributed by atoms with Gasteiger partial charge in [-0.15, -0.1) is 21.5 Å². The molecule has 11 heteroatoms. The Bertz CT molecular complexity index is 1590. The van der Waals surface area contributed by atoms with Gasteiger partial charge in [-0.3, -0.25) is 14.5 Å². The summed E-state index contributed by atoms with van der Waals surface area (Å²) < 4.78 is 10.8. The molecule has 242 valence electrons. The summed E-state index contributed by atoms with van der Waals surface area (Å²) >= 11 is 1.47. The number of amides is 2. The third kappa shape index (κ3) is 7.25. The maximum absolute atomic E-state index is 14.3. The molecule has 0 aliphatic heterocycles. The Morgan fingerprint density at radius 1 is 0.935 bits per heavy atom. The number of carbonyl (C=O) groups excluding carboxylic acids is 2. The number of nitrogens with zero attached hydrogens (tertiary/aromatic N) is 5. The van der Waals surface area contributed by atoms with Crippen LogP contribution in [0.4, 0.5) is 5.69 Å². The van der Waals surface area contributed by atoms with Crippen molar-refractivity contribution in [3.63, 3.8) is 0 Å². The Morgan fingerprint density at radius 2 is 1.65 bits per heavy atom. The highest BCUT2D eigenvalue weighted by Crippen LogP contribution is 2.36. The molecule has 1 atom stereocenters. The molecule has 46 heavy (non-hydrogen) atoms. The predicted octanol–water partition coefficient (Wildman–Crippen LogP) is 6.69. The first-order chi connectivity index (χ1) is 22.5. The first-order valence-corrected chi connectivity index (χ1v) is 17.2. The normalized spacial score (nSPS) is 16.5. The minimum atomic E-state index is -0.830. The van der Waals surface area contributed by atoms with Crippen molar-refractivity contribution >= 4 is 28.8 Å². The average molecular weight is 643 g/mol. The number of aromatic nitrogens is 4. The molecule has 0 unspecified atom stereocenters. The highest BCUT2D eigenvalue weighted by atomic mass is 32.1. The number of hydrogen-bond acceptors (Lipinski definition) is 8. The summed E-state index contributed by atoms with van der Waals surface area (Å²) in [6.45, 7) is -0.191. The Balaban J connectivity index is 1.31. The van der Waals surface area contributed by atoms with Gasteiger partial charge >= 0.3 is 0 Å². The summed E-state index contributed by atoms with van der Waals surface area (Å²) in [4.78, 5) is 32.2. The summed E-state index contributed by atoms with van der Waals surface area (Å²) in [7, 11) is 3.14. The first-order valence-electron chi connectivity index (χ1n) is 16.3. The van der Waals surface area contributed by atoms with Crippen molar-refractivity contribution in [3.8, 4) is 22.9 Å². The largest absolute Gasteiger partial charge is 0.493 e. The second-order valence-electron chi connectivity index (χ2n) is 12.2. The van der Waals surface area contributed by atoms with Crippen molar-refractivity contribution < 1.29 is 19.1 Å². The number of benzene rings is 2. The van der Waals surface area contributed by atoms with E-state index in [-0.39, 0.29) is 24.4 Å². The van der Waals surface area contributed by atoms with Gasteiger partial charge in [0, 0.05) is 22.2 Å². The molecule has 2 aromatic heterocycles. The predicted molar refractivity (Wildman–Crippen MR) is 178 cm³/mol. The lowest BCUT2D eigenvalue weighted by molar-refractivity contribution is -0.127. The van der Waals surface area contributed by atoms with Gasteiger partial charge < -0.3 is 14.8 Å². The number of anilines is 1. The van der Waals surface area contributed by atoms with Crippen molar-refractivity contribution in [2.24, 2.45) is 0 Å². The number of rotatable bonds is 11. The zero-order valence-electron chi connectivity index (χ0n) is 26.6. The molecule has 2 aliphatic carbocycles. The van der Waals surface area contributed by atoms with E-state index in [0.29, 0.717) is 34.5 Å². The fraction of sp³-hybridized carbons (Fsp3) is 0.457. The highest BCUT2D eigenvalue weighted by molar-refractivity contribution is 7.10. The van der Waals surface area contributed by atoms with Crippen LogP contribution in [0.15, 0.2) is 60.0 Å². The van der Waals surface area contributed by atoms with Gasteiger partial charge in [0.25, 0.3) is 5.91 Å². The number of tetrazole rings is 1. The molecule has 2 fully saturated rings. The third-order valence-electron chi connectivity index (χ3n) is 9.16. The Labute approximate surface area is 274 Å². The van der Waals surface area contributed by atoms with Crippen molar-refractivity contribution in [2.75, 3.05) is 19.1 Å². The lowest BCUT2D eigenvalue weighted by Gasteiger charge is -2.33. The van der Waals surface area contributed by atoms with E-state index < -0.39 is 6.04 Å². The Kier molecular flexibility index (Phi) is 10.3. The van der Waals surface area contributed by atoms with Crippen LogP contribution >= 0.6 is 11.3 Å². The molecule has 1 N–H and O–H groups in total. The fourth-order valence-electron chi connectivity index (χ4n) is 6.73. The van der Waals surface area contributed by atoms with Crippen molar-refractivity contribution in [3.05, 3.63) is 70.4 Å². The van der Waals surface area contributed by atoms with E-state index in [2.05, 4.69) is 32.9 Å². The van der Waals surface area contributed by atoms with Crippen LogP contribution in [0.2, 0.25) is 0 Å². The maximum atomic E-state index is 14.3. The molecule has 0 bridgehead atoms. The zero-order valence-corrected chi connectivity index (χ0v) is 27.4. The van der Waals surface area contributed by atoms with E-state index in [9.17, 15) is 9.59 Å². The van der Waals surface area contributed by atoms with Gasteiger partial charge in [0.05, 0.1) is 14.2 Å². The fourth-order valence-corrected chi connectivity index (χ4v) is 7.54. The Hall–Kier alpha value is -4.25. The number of carbonyl (C=O) groups is 2. The number of ether oxygens (including phenoxy) is 2. The van der Waals surface area contributed by atoms with E-state index in [1.807, 2.05) is 35.7 Å². The van der Waals surface area contributed by atoms with E-state index in [1.165, 1.54) is 60.2 Å². The van der Waals surface area contributed by atoms with Crippen LogP contribution < -0.4 is 19.7 Å². The number of thiophene rings is 1. The van der Waals surface area contributed by atoms with Crippen molar-refractivity contribution in [1.82, 2.24) is 25.5 Å². The van der Waals surface area contributed by atoms with Crippen LogP contribution in [0, 0.1) is 0 Å². The molecule has 2 aromatic carbocycles. The minimum Gasteiger partial charge on any atom is -0.493 e. The molecule has 2 amide bonds. The maximum Gasteiger partial charge on any atom is 0.251 e. The smallest absolute Gasteiger partial charge is 0.251 e. The van der Waals surface area contributed by atoms with Gasteiger partial charge in [0.2, 0.25) is 11.7 Å². The SMILES string of the molecule is COc1ccc(-c2nnn(CC(=O)N(c3ccc(C4CCCCC4)cc3)[C@@H](C(=O)NC3CCCCC3)c3cccs3)n2)cc1OC. The number of hydrogen-bond donors (Lipinski definition) is 1. The molecule has 0 saturated heterocycles. The van der Waals surface area contributed by atoms with Gasteiger partial charge in [0.1, 0.15) is 12.6 Å². The zero-order chi connectivity index (χ0) is 31.9. The van der Waals surface area contributed by atoms with Crippen molar-refractivity contribution in [2.45, 2.75) is 88.8 Å². The highest BCUT2D eigenvalue weighted by Gasteiger charge is 2.35. The molecule has 10 nitrogen and oxygen atoms in total. The topological polar surface area (TPSA) is 111 Å². The second-order valence-corrected chi connectivity index (χ2v) is 13.1. The number of methoxy groups -OCH3 is 2. The van der Waals surface area contributed by atoms with Crippen LogP contribution in [-0.2, 0) is 16.1 Å². The standard InChI is InChI=1S/C35H42N6O4S/c1-44-29-20-17-26(22-30(29)45-2)34-37-39-40(38-34)23-32(42)41(28-18-15-25(16-19-28)24-10-5-3-6-11-24)33(31-14-9-21-46-31)35(43)36-27-12-7-4-8-13-27/h9,14-22,24,27,33H,3-8,10-13,23H2,1-2H3,(H,36,43)/t33-/m1/s1. The molecule has 6 rings (SSSR count). The van der Waals surface area contributed by atoms with Crippen LogP contribution in [-0.4, -0.2) is 52.3 Å². The summed E-state index contributed by atoms with van der Waals surface area (Å²) in [5.41, 5.74) is 2.63. The van der Waals surface area contributed by atoms with Gasteiger partial charge in [-0.1, -0.05) is 56.7 Å². The van der Waals surface area contributed by atoms with Crippen LogP contribution in [0.5, 0.6) is 11.5 Å². The summed E-state index contributed by atoms with van der Waals surface area (Å²) in [5.74, 6) is 1.53. The van der Waals surface area contributed by atoms with Crippen LogP contribution in [0.1, 0.15) is 86.6 Å². The lowest BCUT2D eigenvalue weighted by atomic mass is 9.84. The second kappa shape index (κ2) is 14.9. The lowest BCUT2D eigenvalue weighted by Crippen LogP contribution is -2.48. The summed E-state index contributed by atoms with van der Waals surface area (Å²) in [6.07, 6.45) is 11.4. The summed E-state index contributed by atoms with van der Waals surface area (Å²) in [6, 6.07) is 16.7. The van der Waals surface area contributed by atoms with E-state index >= 15 is 0 Å². The van der Waals surface area contributed by atoms with E-state index in [0.717, 1.165) is 30.6 Å². The van der Waals surface area contributed by atoms with Gasteiger partial charge in [0.15, 0.2) is 11.5 Å². The van der Waals surface area contributed by atoms with Crippen LogP contribution in [0.25, 0.3) is 11.4 Å². The van der Waals surface area contributed by atoms with Crippen molar-refractivity contribution in [1.29, 1.82) is 0 Å². The van der Waals surface area contributed by atoms with E-state index in [4.69, 9.17) is 9.47 Å². The average Bonchev–Trinajstić information content (AvgIpc) is 3.81. The number of nitrogens with one attached hydrogen (secondary N) is 1. The molecule has 4 aromatic rings. The quantitative estimate of drug-likeness (QED) is 0.194. The first kappa shape index (κ1) is 31.7. The molecule has 2 saturated carbocycles. The monoisotopic (exact) mass is 642 g/mol. The molecular weight excluding hydrogens is 600 g/mol. The molecule has 0 spiro atoms. The summed E-state index contributed by atoms with van der Waals surface area (Å²) in [5, 5.41) is 18.2. The minimum absolute atomic E-state index is 0.107. The van der Waals surface area contributed by atoms with Crippen LogP contribution in [0.3, 0.4) is 0 Å². The van der Waals surface area contributed by atoms with Gasteiger partial charge in [-0.2, -0.15) is 4.80 Å². The van der Waals surface area contributed by atoms with E-state index in [1.54, 1.807) is 31.3 Å². The third-order valence-corrected chi connectivity index (χ3v) is 10.1. The molecular formula is C35H42N6O4S. The molecule has 2 heterocycles. The van der Waals surface area contributed by atoms with Gasteiger partial charge in [-0.25, -0.2) is 0 Å². The van der Waals surface area contributed by atoms with Gasteiger partial charge in [-0.05, 0) is 84.2 Å². The molecule has 2 aliphatic rings. The Morgan fingerprint density at radius 3 is 2.33 bits per heavy atom.